The van der Waals surface area contributed by atoms with Crippen molar-refractivity contribution in [1.82, 2.24) is 4.98 Å². The van der Waals surface area contributed by atoms with Crippen molar-refractivity contribution >= 4 is 16.9 Å². The number of ether oxygens (including phenoxy) is 1. The van der Waals surface area contributed by atoms with Crippen molar-refractivity contribution in [3.63, 3.8) is 0 Å². The zero-order chi connectivity index (χ0) is 22.0. The van der Waals surface area contributed by atoms with Crippen molar-refractivity contribution in [3.8, 4) is 28.1 Å². The van der Waals surface area contributed by atoms with Crippen LogP contribution in [0, 0.1) is 11.6 Å². The summed E-state index contributed by atoms with van der Waals surface area (Å²) in [6, 6.07) is 16.9. The number of fused-ring (bicyclic) bond motifs is 1. The summed E-state index contributed by atoms with van der Waals surface area (Å²) in [6.45, 7) is 2.64. The van der Waals surface area contributed by atoms with Crippen LogP contribution in [-0.4, -0.2) is 22.7 Å². The molecule has 0 bridgehead atoms. The van der Waals surface area contributed by atoms with Crippen molar-refractivity contribution in [2.24, 2.45) is 0 Å². The molecule has 0 aliphatic rings. The van der Waals surface area contributed by atoms with E-state index in [1.165, 1.54) is 24.3 Å². The molecular formula is C25H19F2NO3. The smallest absolute Gasteiger partial charge is 0.336 e. The van der Waals surface area contributed by atoms with Gasteiger partial charge < -0.3 is 9.84 Å². The normalized spacial score (nSPS) is 10.9. The molecule has 0 aliphatic heterocycles. The van der Waals surface area contributed by atoms with Crippen molar-refractivity contribution in [3.05, 3.63) is 83.9 Å². The molecule has 156 valence electrons. The van der Waals surface area contributed by atoms with Crippen LogP contribution in [0.25, 0.3) is 33.3 Å². The molecular weight excluding hydrogens is 400 g/mol. The Bertz CT molecular complexity index is 1270. The van der Waals surface area contributed by atoms with E-state index in [1.807, 2.05) is 6.92 Å². The first-order chi connectivity index (χ1) is 15.0. The summed E-state index contributed by atoms with van der Waals surface area (Å²) in [6.07, 6.45) is 0.902. The van der Waals surface area contributed by atoms with Crippen LogP contribution in [0.3, 0.4) is 0 Å². The Hall–Kier alpha value is -3.80. The molecule has 0 aliphatic carbocycles. The quantitative estimate of drug-likeness (QED) is 0.396. The summed E-state index contributed by atoms with van der Waals surface area (Å²) < 4.78 is 34.0. The third kappa shape index (κ3) is 4.23. The number of aromatic carboxylic acids is 1. The number of carboxylic acid groups (broad SMARTS) is 1. The van der Waals surface area contributed by atoms with E-state index in [2.05, 4.69) is 4.98 Å². The summed E-state index contributed by atoms with van der Waals surface area (Å²) in [5, 5.41) is 9.73. The second-order valence-electron chi connectivity index (χ2n) is 7.09. The number of hydrogen-bond donors (Lipinski definition) is 1. The monoisotopic (exact) mass is 419 g/mol. The third-order valence-electron chi connectivity index (χ3n) is 4.90. The molecule has 0 fully saturated rings. The molecule has 0 atom stereocenters. The van der Waals surface area contributed by atoms with Crippen LogP contribution >= 0.6 is 0 Å². The molecule has 4 rings (SSSR count). The van der Waals surface area contributed by atoms with Crippen LogP contribution in [0.1, 0.15) is 23.7 Å². The van der Waals surface area contributed by atoms with Gasteiger partial charge in [0.05, 0.1) is 23.4 Å². The average Bonchev–Trinajstić information content (AvgIpc) is 2.77. The number of halogens is 2. The van der Waals surface area contributed by atoms with E-state index in [4.69, 9.17) is 4.74 Å². The Kier molecular flexibility index (Phi) is 5.62. The first kappa shape index (κ1) is 20.5. The van der Waals surface area contributed by atoms with Gasteiger partial charge in [-0.2, -0.15) is 0 Å². The summed E-state index contributed by atoms with van der Waals surface area (Å²) in [4.78, 5) is 16.1. The van der Waals surface area contributed by atoms with Gasteiger partial charge in [-0.15, -0.1) is 0 Å². The number of hydrogen-bond acceptors (Lipinski definition) is 3. The van der Waals surface area contributed by atoms with E-state index >= 15 is 0 Å². The maximum Gasteiger partial charge on any atom is 0.336 e. The van der Waals surface area contributed by atoms with Crippen molar-refractivity contribution in [2.45, 2.75) is 13.3 Å². The van der Waals surface area contributed by atoms with Crippen LogP contribution in [0.2, 0.25) is 0 Å². The van der Waals surface area contributed by atoms with Crippen LogP contribution in [-0.2, 0) is 0 Å². The van der Waals surface area contributed by atoms with E-state index in [0.29, 0.717) is 34.5 Å². The van der Waals surface area contributed by atoms with Gasteiger partial charge in [0.1, 0.15) is 17.4 Å². The predicted octanol–water partition coefficient (Wildman–Crippen LogP) is 6.33. The summed E-state index contributed by atoms with van der Waals surface area (Å²) in [5.41, 5.74) is 2.06. The lowest BCUT2D eigenvalue weighted by Crippen LogP contribution is -2.01. The summed E-state index contributed by atoms with van der Waals surface area (Å²) in [5.74, 6) is -1.49. The molecule has 4 aromatic rings. The molecule has 0 unspecified atom stereocenters. The highest BCUT2D eigenvalue weighted by molar-refractivity contribution is 6.03. The van der Waals surface area contributed by atoms with Crippen LogP contribution in [0.4, 0.5) is 8.78 Å². The Labute approximate surface area is 177 Å². The lowest BCUT2D eigenvalue weighted by atomic mass is 10.00. The van der Waals surface area contributed by atoms with Crippen molar-refractivity contribution in [2.75, 3.05) is 6.61 Å². The van der Waals surface area contributed by atoms with Crippen LogP contribution in [0.5, 0.6) is 5.75 Å². The minimum absolute atomic E-state index is 0.0911. The lowest BCUT2D eigenvalue weighted by molar-refractivity contribution is 0.0699. The molecule has 4 nitrogen and oxygen atoms in total. The Balaban J connectivity index is 1.72. The Morgan fingerprint density at radius 3 is 2.39 bits per heavy atom. The minimum Gasteiger partial charge on any atom is -0.494 e. The fraction of sp³-hybridized carbons (Fsp3) is 0.120. The van der Waals surface area contributed by atoms with E-state index < -0.39 is 17.6 Å². The summed E-state index contributed by atoms with van der Waals surface area (Å²) >= 11 is 0. The molecule has 0 saturated carbocycles. The second-order valence-corrected chi connectivity index (χ2v) is 7.09. The minimum atomic E-state index is -1.21. The molecule has 1 aromatic heterocycles. The van der Waals surface area contributed by atoms with Crippen molar-refractivity contribution < 1.29 is 23.4 Å². The van der Waals surface area contributed by atoms with Crippen molar-refractivity contribution in [1.29, 1.82) is 0 Å². The fourth-order valence-corrected chi connectivity index (χ4v) is 3.38. The molecule has 31 heavy (non-hydrogen) atoms. The number of nitrogens with zero attached hydrogens (tertiary/aromatic N) is 1. The number of carboxylic acids is 1. The number of rotatable bonds is 6. The van der Waals surface area contributed by atoms with Gasteiger partial charge in [-0.25, -0.2) is 18.6 Å². The van der Waals surface area contributed by atoms with Gasteiger partial charge in [-0.3, -0.25) is 0 Å². The first-order valence-corrected chi connectivity index (χ1v) is 9.83. The second kappa shape index (κ2) is 8.52. The standard InChI is InChI=1S/C25H19F2NO3/c1-2-11-31-18-7-3-15(4-8-18)19-9-5-16(12-22(19)27)24-14-21(25(29)30)20-13-17(26)6-10-23(20)28-24/h3-10,12-14H,2,11H2,1H3,(H,29,30). The van der Waals surface area contributed by atoms with E-state index in [1.54, 1.807) is 36.4 Å². The summed E-state index contributed by atoms with van der Waals surface area (Å²) in [7, 11) is 0. The van der Waals surface area contributed by atoms with Gasteiger partial charge in [0.2, 0.25) is 0 Å². The number of carbonyl (C=O) groups is 1. The zero-order valence-electron chi connectivity index (χ0n) is 16.7. The maximum absolute atomic E-state index is 14.9. The van der Waals surface area contributed by atoms with E-state index in [9.17, 15) is 18.7 Å². The van der Waals surface area contributed by atoms with E-state index in [-0.39, 0.29) is 10.9 Å². The van der Waals surface area contributed by atoms with Gasteiger partial charge in [-0.05, 0) is 54.4 Å². The third-order valence-corrected chi connectivity index (χ3v) is 4.90. The van der Waals surface area contributed by atoms with Gasteiger partial charge in [0, 0.05) is 16.5 Å². The zero-order valence-corrected chi connectivity index (χ0v) is 16.7. The first-order valence-electron chi connectivity index (χ1n) is 9.83. The van der Waals surface area contributed by atoms with Gasteiger partial charge >= 0.3 is 5.97 Å². The van der Waals surface area contributed by atoms with Gasteiger partial charge in [0.15, 0.2) is 0 Å². The highest BCUT2D eigenvalue weighted by Crippen LogP contribution is 2.30. The average molecular weight is 419 g/mol. The molecule has 6 heteroatoms. The Morgan fingerprint density at radius 2 is 1.71 bits per heavy atom. The highest BCUT2D eigenvalue weighted by atomic mass is 19.1. The predicted molar refractivity (Wildman–Crippen MR) is 115 cm³/mol. The fourth-order valence-electron chi connectivity index (χ4n) is 3.38. The lowest BCUT2D eigenvalue weighted by Gasteiger charge is -2.10. The van der Waals surface area contributed by atoms with E-state index in [0.717, 1.165) is 18.2 Å². The molecule has 0 saturated heterocycles. The Morgan fingerprint density at radius 1 is 0.968 bits per heavy atom. The van der Waals surface area contributed by atoms with Gasteiger partial charge in [0.25, 0.3) is 0 Å². The molecule has 3 aromatic carbocycles. The van der Waals surface area contributed by atoms with Crippen LogP contribution in [0.15, 0.2) is 66.7 Å². The molecule has 0 amide bonds. The molecule has 1 heterocycles. The maximum atomic E-state index is 14.9. The SMILES string of the molecule is CCCOc1ccc(-c2ccc(-c3cc(C(=O)O)c4cc(F)ccc4n3)cc2F)cc1. The molecule has 1 N–H and O–H groups in total. The topological polar surface area (TPSA) is 59.4 Å². The molecule has 0 spiro atoms. The molecule has 0 radical (unpaired) electrons. The largest absolute Gasteiger partial charge is 0.494 e. The van der Waals surface area contributed by atoms with Crippen LogP contribution < -0.4 is 4.74 Å². The van der Waals surface area contributed by atoms with Gasteiger partial charge in [-0.1, -0.05) is 31.2 Å². The number of benzene rings is 3. The highest BCUT2D eigenvalue weighted by Gasteiger charge is 2.15. The number of aromatic nitrogens is 1. The number of pyridine rings is 1.